The molecule has 1 saturated heterocycles. The molecule has 0 aliphatic carbocycles. The van der Waals surface area contributed by atoms with Crippen LogP contribution in [-0.4, -0.2) is 50.7 Å². The van der Waals surface area contributed by atoms with E-state index in [0.29, 0.717) is 13.2 Å². The molecular formula is C10H20N2O2. The average Bonchev–Trinajstić information content (AvgIpc) is 2.26. The molecule has 4 nitrogen and oxygen atoms in total. The van der Waals surface area contributed by atoms with Gasteiger partial charge in [0, 0.05) is 19.6 Å². The second kappa shape index (κ2) is 5.98. The minimum absolute atomic E-state index is 0.123. The summed E-state index contributed by atoms with van der Waals surface area (Å²) in [5.41, 5.74) is 0. The Bertz CT molecular complexity index is 172. The van der Waals surface area contributed by atoms with E-state index in [1.165, 1.54) is 0 Å². The van der Waals surface area contributed by atoms with Crippen molar-refractivity contribution in [3.8, 4) is 0 Å². The smallest absolute Gasteiger partial charge is 0.227 e. The van der Waals surface area contributed by atoms with E-state index in [0.717, 1.165) is 26.1 Å². The molecule has 82 valence electrons. The minimum atomic E-state index is 0.123. The third-order valence-corrected chi connectivity index (χ3v) is 2.62. The topological polar surface area (TPSA) is 41.6 Å². The first-order valence-corrected chi connectivity index (χ1v) is 5.30. The van der Waals surface area contributed by atoms with Crippen LogP contribution in [-0.2, 0) is 9.53 Å². The highest BCUT2D eigenvalue weighted by molar-refractivity contribution is 5.79. The monoisotopic (exact) mass is 200 g/mol. The van der Waals surface area contributed by atoms with E-state index in [-0.39, 0.29) is 11.8 Å². The van der Waals surface area contributed by atoms with Gasteiger partial charge < -0.3 is 15.0 Å². The van der Waals surface area contributed by atoms with Crippen LogP contribution in [0.3, 0.4) is 0 Å². The van der Waals surface area contributed by atoms with E-state index in [1.54, 1.807) is 0 Å². The fraction of sp³-hybridized carbons (Fsp3) is 0.900. The summed E-state index contributed by atoms with van der Waals surface area (Å²) in [6, 6.07) is 0. The van der Waals surface area contributed by atoms with E-state index in [2.05, 4.69) is 12.2 Å². The van der Waals surface area contributed by atoms with E-state index in [1.807, 2.05) is 11.9 Å². The predicted molar refractivity (Wildman–Crippen MR) is 55.1 cm³/mol. The van der Waals surface area contributed by atoms with Crippen molar-refractivity contribution >= 4 is 5.91 Å². The van der Waals surface area contributed by atoms with Crippen LogP contribution in [0.15, 0.2) is 0 Å². The Morgan fingerprint density at radius 2 is 2.14 bits per heavy atom. The number of carbonyl (C=O) groups excluding carboxylic acids is 1. The first-order chi connectivity index (χ1) is 6.79. The van der Waals surface area contributed by atoms with Gasteiger partial charge in [-0.15, -0.1) is 0 Å². The molecule has 14 heavy (non-hydrogen) atoms. The number of carbonyl (C=O) groups is 1. The van der Waals surface area contributed by atoms with E-state index < -0.39 is 0 Å². The molecule has 1 heterocycles. The third kappa shape index (κ3) is 2.96. The van der Waals surface area contributed by atoms with Gasteiger partial charge in [-0.25, -0.2) is 0 Å². The highest BCUT2D eigenvalue weighted by Crippen LogP contribution is 2.08. The van der Waals surface area contributed by atoms with Crippen molar-refractivity contribution in [2.24, 2.45) is 5.92 Å². The van der Waals surface area contributed by atoms with Crippen molar-refractivity contribution in [2.75, 3.05) is 39.9 Å². The third-order valence-electron chi connectivity index (χ3n) is 2.62. The van der Waals surface area contributed by atoms with Crippen LogP contribution in [0.2, 0.25) is 0 Å². The molecule has 0 bridgehead atoms. The second-order valence-corrected chi connectivity index (χ2v) is 3.60. The molecule has 1 aliphatic heterocycles. The molecule has 1 unspecified atom stereocenters. The standard InChI is InChI=1S/C10H20N2O2/c1-3-9(8-11-2)10(13)12-4-6-14-7-5-12/h9,11H,3-8H2,1-2H3. The van der Waals surface area contributed by atoms with Gasteiger partial charge in [0.2, 0.25) is 5.91 Å². The summed E-state index contributed by atoms with van der Waals surface area (Å²) >= 11 is 0. The van der Waals surface area contributed by atoms with Gasteiger partial charge in [-0.1, -0.05) is 6.92 Å². The maximum atomic E-state index is 11.9. The Kier molecular flexibility index (Phi) is 4.90. The molecule has 4 heteroatoms. The fourth-order valence-corrected chi connectivity index (χ4v) is 1.69. The lowest BCUT2D eigenvalue weighted by molar-refractivity contribution is -0.139. The lowest BCUT2D eigenvalue weighted by Crippen LogP contribution is -2.45. The lowest BCUT2D eigenvalue weighted by atomic mass is 10.0. The predicted octanol–water partition coefficient (Wildman–Crippen LogP) is 0.0908. The number of nitrogens with zero attached hydrogens (tertiary/aromatic N) is 1. The van der Waals surface area contributed by atoms with Crippen LogP contribution < -0.4 is 5.32 Å². The zero-order valence-corrected chi connectivity index (χ0v) is 9.08. The van der Waals surface area contributed by atoms with E-state index >= 15 is 0 Å². The Morgan fingerprint density at radius 3 is 2.64 bits per heavy atom. The first-order valence-electron chi connectivity index (χ1n) is 5.30. The number of hydrogen-bond donors (Lipinski definition) is 1. The summed E-state index contributed by atoms with van der Waals surface area (Å²) in [6.45, 7) is 5.69. The summed E-state index contributed by atoms with van der Waals surface area (Å²) in [5.74, 6) is 0.392. The normalized spacial score (nSPS) is 19.4. The molecule has 1 rings (SSSR count). The first kappa shape index (κ1) is 11.5. The summed E-state index contributed by atoms with van der Waals surface area (Å²) in [4.78, 5) is 13.9. The van der Waals surface area contributed by atoms with Crippen LogP contribution in [0, 0.1) is 5.92 Å². The second-order valence-electron chi connectivity index (χ2n) is 3.60. The van der Waals surface area contributed by atoms with Gasteiger partial charge in [-0.05, 0) is 13.5 Å². The maximum absolute atomic E-state index is 11.9. The molecule has 1 fully saturated rings. The van der Waals surface area contributed by atoms with Gasteiger partial charge in [-0.3, -0.25) is 4.79 Å². The van der Waals surface area contributed by atoms with E-state index in [4.69, 9.17) is 4.74 Å². The van der Waals surface area contributed by atoms with Gasteiger partial charge in [0.25, 0.3) is 0 Å². The van der Waals surface area contributed by atoms with Crippen LogP contribution >= 0.6 is 0 Å². The Hall–Kier alpha value is -0.610. The van der Waals surface area contributed by atoms with Crippen molar-refractivity contribution < 1.29 is 9.53 Å². The highest BCUT2D eigenvalue weighted by atomic mass is 16.5. The van der Waals surface area contributed by atoms with Gasteiger partial charge in [0.15, 0.2) is 0 Å². The zero-order valence-electron chi connectivity index (χ0n) is 9.08. The van der Waals surface area contributed by atoms with Gasteiger partial charge >= 0.3 is 0 Å². The molecule has 1 atom stereocenters. The van der Waals surface area contributed by atoms with Crippen LogP contribution in [0.25, 0.3) is 0 Å². The summed E-state index contributed by atoms with van der Waals surface area (Å²) < 4.78 is 5.21. The lowest BCUT2D eigenvalue weighted by Gasteiger charge is -2.30. The van der Waals surface area contributed by atoms with Crippen LogP contribution in [0.1, 0.15) is 13.3 Å². The van der Waals surface area contributed by atoms with Gasteiger partial charge in [-0.2, -0.15) is 0 Å². The van der Waals surface area contributed by atoms with Crippen LogP contribution in [0.5, 0.6) is 0 Å². The quantitative estimate of drug-likeness (QED) is 0.699. The number of nitrogens with one attached hydrogen (secondary N) is 1. The number of rotatable bonds is 4. The molecule has 1 N–H and O–H groups in total. The minimum Gasteiger partial charge on any atom is -0.378 e. The van der Waals surface area contributed by atoms with Crippen molar-refractivity contribution in [1.29, 1.82) is 0 Å². The van der Waals surface area contributed by atoms with Gasteiger partial charge in [0.05, 0.1) is 19.1 Å². The largest absolute Gasteiger partial charge is 0.378 e. The summed E-state index contributed by atoms with van der Waals surface area (Å²) in [7, 11) is 1.88. The van der Waals surface area contributed by atoms with Crippen LogP contribution in [0.4, 0.5) is 0 Å². The molecule has 1 aliphatic rings. The fourth-order valence-electron chi connectivity index (χ4n) is 1.69. The number of amides is 1. The molecule has 0 aromatic heterocycles. The van der Waals surface area contributed by atoms with Crippen molar-refractivity contribution in [3.63, 3.8) is 0 Å². The average molecular weight is 200 g/mol. The molecule has 0 radical (unpaired) electrons. The van der Waals surface area contributed by atoms with Crippen molar-refractivity contribution in [2.45, 2.75) is 13.3 Å². The SMILES string of the molecule is CCC(CNC)C(=O)N1CCOCC1. The molecular weight excluding hydrogens is 180 g/mol. The molecule has 0 spiro atoms. The summed E-state index contributed by atoms with van der Waals surface area (Å²) in [5, 5.41) is 3.06. The molecule has 0 saturated carbocycles. The number of ether oxygens (including phenoxy) is 1. The van der Waals surface area contributed by atoms with Crippen molar-refractivity contribution in [3.05, 3.63) is 0 Å². The zero-order chi connectivity index (χ0) is 10.4. The molecule has 0 aromatic carbocycles. The van der Waals surface area contributed by atoms with Crippen molar-refractivity contribution in [1.82, 2.24) is 10.2 Å². The Labute approximate surface area is 85.6 Å². The number of hydrogen-bond acceptors (Lipinski definition) is 3. The van der Waals surface area contributed by atoms with E-state index in [9.17, 15) is 4.79 Å². The Morgan fingerprint density at radius 1 is 1.50 bits per heavy atom. The summed E-state index contributed by atoms with van der Waals surface area (Å²) in [6.07, 6.45) is 0.900. The Balaban J connectivity index is 2.43. The maximum Gasteiger partial charge on any atom is 0.227 e. The highest BCUT2D eigenvalue weighted by Gasteiger charge is 2.23. The molecule has 0 aromatic rings. The molecule has 1 amide bonds. The van der Waals surface area contributed by atoms with Gasteiger partial charge in [0.1, 0.15) is 0 Å². The number of morpholine rings is 1.